The summed E-state index contributed by atoms with van der Waals surface area (Å²) in [4.78, 5) is 0. The molecular weight excluding hydrogens is 234 g/mol. The lowest BCUT2D eigenvalue weighted by Gasteiger charge is -2.36. The van der Waals surface area contributed by atoms with Gasteiger partial charge in [-0.3, -0.25) is 0 Å². The first-order valence-corrected chi connectivity index (χ1v) is 7.57. The molecule has 2 heteroatoms. The van der Waals surface area contributed by atoms with Crippen molar-refractivity contribution in [2.75, 3.05) is 20.7 Å². The summed E-state index contributed by atoms with van der Waals surface area (Å²) in [6.07, 6.45) is 5.42. The van der Waals surface area contributed by atoms with E-state index in [1.165, 1.54) is 31.2 Å². The van der Waals surface area contributed by atoms with Crippen LogP contribution in [0.5, 0.6) is 5.75 Å². The largest absolute Gasteiger partial charge is 0.497 e. The zero-order chi connectivity index (χ0) is 13.7. The second-order valence-corrected chi connectivity index (χ2v) is 5.78. The van der Waals surface area contributed by atoms with Gasteiger partial charge in [0.1, 0.15) is 5.75 Å². The van der Waals surface area contributed by atoms with Crippen molar-refractivity contribution in [3.8, 4) is 5.75 Å². The maximum absolute atomic E-state index is 5.26. The van der Waals surface area contributed by atoms with Crippen LogP contribution in [0.15, 0.2) is 24.3 Å². The summed E-state index contributed by atoms with van der Waals surface area (Å²) in [5.41, 5.74) is 1.49. The Kier molecular flexibility index (Phi) is 5.26. The van der Waals surface area contributed by atoms with Crippen LogP contribution in [0.4, 0.5) is 0 Å². The van der Waals surface area contributed by atoms with Crippen molar-refractivity contribution >= 4 is 0 Å². The minimum absolute atomic E-state index is 0.706. The highest BCUT2D eigenvalue weighted by Crippen LogP contribution is 2.41. The van der Waals surface area contributed by atoms with Gasteiger partial charge >= 0.3 is 0 Å². The molecule has 0 aromatic heterocycles. The summed E-state index contributed by atoms with van der Waals surface area (Å²) in [5.74, 6) is 3.34. The quantitative estimate of drug-likeness (QED) is 0.870. The lowest BCUT2D eigenvalue weighted by Crippen LogP contribution is -2.30. The second kappa shape index (κ2) is 6.95. The zero-order valence-electron chi connectivity index (χ0n) is 12.5. The first kappa shape index (κ1) is 14.4. The number of ether oxygens (including phenoxy) is 1. The van der Waals surface area contributed by atoms with Gasteiger partial charge in [-0.1, -0.05) is 31.9 Å². The smallest absolute Gasteiger partial charge is 0.118 e. The Morgan fingerprint density at radius 2 is 1.95 bits per heavy atom. The molecule has 0 spiro atoms. The van der Waals surface area contributed by atoms with Gasteiger partial charge in [0.25, 0.3) is 0 Å². The van der Waals surface area contributed by atoms with Crippen LogP contribution in [-0.2, 0) is 0 Å². The van der Waals surface area contributed by atoms with E-state index in [4.69, 9.17) is 4.74 Å². The van der Waals surface area contributed by atoms with Gasteiger partial charge < -0.3 is 10.1 Å². The van der Waals surface area contributed by atoms with Gasteiger partial charge in [-0.25, -0.2) is 0 Å². The van der Waals surface area contributed by atoms with E-state index in [0.29, 0.717) is 5.92 Å². The van der Waals surface area contributed by atoms with Crippen LogP contribution >= 0.6 is 0 Å². The van der Waals surface area contributed by atoms with Crippen molar-refractivity contribution < 1.29 is 4.74 Å². The summed E-state index contributed by atoms with van der Waals surface area (Å²) in [5, 5.41) is 3.37. The molecule has 2 nitrogen and oxygen atoms in total. The Morgan fingerprint density at radius 3 is 2.53 bits per heavy atom. The molecule has 106 valence electrons. The van der Waals surface area contributed by atoms with Crippen LogP contribution in [0, 0.1) is 11.8 Å². The predicted octanol–water partition coefficient (Wildman–Crippen LogP) is 3.82. The van der Waals surface area contributed by atoms with Crippen molar-refractivity contribution in [2.24, 2.45) is 11.8 Å². The Labute approximate surface area is 117 Å². The van der Waals surface area contributed by atoms with Crippen LogP contribution < -0.4 is 10.1 Å². The summed E-state index contributed by atoms with van der Waals surface area (Å²) in [6, 6.07) is 8.71. The molecule has 1 N–H and O–H groups in total. The topological polar surface area (TPSA) is 21.3 Å². The first-order chi connectivity index (χ1) is 9.28. The van der Waals surface area contributed by atoms with Gasteiger partial charge in [-0.2, -0.15) is 0 Å². The Bertz CT molecular complexity index is 373. The van der Waals surface area contributed by atoms with Crippen molar-refractivity contribution in [2.45, 2.75) is 38.5 Å². The van der Waals surface area contributed by atoms with E-state index in [1.54, 1.807) is 7.11 Å². The van der Waals surface area contributed by atoms with Gasteiger partial charge in [0.2, 0.25) is 0 Å². The zero-order valence-corrected chi connectivity index (χ0v) is 12.5. The van der Waals surface area contributed by atoms with Gasteiger partial charge in [0, 0.05) is 0 Å². The standard InChI is InChI=1S/C17H27NO/c1-4-13-5-6-15(12-18-2)17(11-13)14-7-9-16(19-3)10-8-14/h7-10,13,15,17-18H,4-6,11-12H2,1-3H3. The van der Waals surface area contributed by atoms with Crippen molar-refractivity contribution in [1.29, 1.82) is 0 Å². The fourth-order valence-corrected chi connectivity index (χ4v) is 3.46. The van der Waals surface area contributed by atoms with Crippen LogP contribution in [0.1, 0.15) is 44.1 Å². The van der Waals surface area contributed by atoms with Crippen molar-refractivity contribution in [1.82, 2.24) is 5.32 Å². The predicted molar refractivity (Wildman–Crippen MR) is 80.8 cm³/mol. The number of hydrogen-bond donors (Lipinski definition) is 1. The molecule has 2 rings (SSSR count). The number of nitrogens with one attached hydrogen (secondary N) is 1. The highest BCUT2D eigenvalue weighted by atomic mass is 16.5. The van der Waals surface area contributed by atoms with Crippen molar-refractivity contribution in [3.63, 3.8) is 0 Å². The molecule has 1 aromatic rings. The summed E-state index contributed by atoms with van der Waals surface area (Å²) >= 11 is 0. The minimum Gasteiger partial charge on any atom is -0.497 e. The van der Waals surface area contributed by atoms with Gasteiger partial charge in [-0.15, -0.1) is 0 Å². The fourth-order valence-electron chi connectivity index (χ4n) is 3.46. The molecule has 0 aliphatic heterocycles. The lowest BCUT2D eigenvalue weighted by atomic mass is 9.70. The molecule has 0 heterocycles. The van der Waals surface area contributed by atoms with Crippen molar-refractivity contribution in [3.05, 3.63) is 29.8 Å². The third kappa shape index (κ3) is 3.50. The van der Waals surface area contributed by atoms with E-state index in [0.717, 1.165) is 24.1 Å². The average molecular weight is 261 g/mol. The maximum atomic E-state index is 5.26. The Morgan fingerprint density at radius 1 is 1.21 bits per heavy atom. The van der Waals surface area contributed by atoms with Gasteiger partial charge in [0.15, 0.2) is 0 Å². The van der Waals surface area contributed by atoms with E-state index in [-0.39, 0.29) is 0 Å². The van der Waals surface area contributed by atoms with E-state index >= 15 is 0 Å². The molecule has 1 saturated carbocycles. The van der Waals surface area contributed by atoms with Crippen LogP contribution in [0.3, 0.4) is 0 Å². The molecule has 0 radical (unpaired) electrons. The molecule has 0 bridgehead atoms. The van der Waals surface area contributed by atoms with Gasteiger partial charge in [-0.05, 0) is 61.9 Å². The SMILES string of the molecule is CCC1CCC(CNC)C(c2ccc(OC)cc2)C1. The molecule has 1 aliphatic rings. The second-order valence-electron chi connectivity index (χ2n) is 5.78. The van der Waals surface area contributed by atoms with E-state index in [1.807, 2.05) is 0 Å². The Hall–Kier alpha value is -1.02. The molecule has 1 fully saturated rings. The molecular formula is C17H27NO. The number of rotatable bonds is 5. The highest BCUT2D eigenvalue weighted by Gasteiger charge is 2.30. The molecule has 3 atom stereocenters. The first-order valence-electron chi connectivity index (χ1n) is 7.57. The van der Waals surface area contributed by atoms with E-state index in [9.17, 15) is 0 Å². The highest BCUT2D eigenvalue weighted by molar-refractivity contribution is 5.30. The van der Waals surface area contributed by atoms with E-state index < -0.39 is 0 Å². The van der Waals surface area contributed by atoms with Crippen LogP contribution in [-0.4, -0.2) is 20.7 Å². The summed E-state index contributed by atoms with van der Waals surface area (Å²) in [7, 11) is 3.80. The minimum atomic E-state index is 0.706. The molecule has 3 unspecified atom stereocenters. The monoisotopic (exact) mass is 261 g/mol. The molecule has 1 aliphatic carbocycles. The fraction of sp³-hybridized carbons (Fsp3) is 0.647. The third-order valence-corrected chi connectivity index (χ3v) is 4.69. The number of hydrogen-bond acceptors (Lipinski definition) is 2. The van der Waals surface area contributed by atoms with E-state index in [2.05, 4.69) is 43.6 Å². The van der Waals surface area contributed by atoms with Gasteiger partial charge in [0.05, 0.1) is 7.11 Å². The van der Waals surface area contributed by atoms with Crippen LogP contribution in [0.2, 0.25) is 0 Å². The van der Waals surface area contributed by atoms with Crippen LogP contribution in [0.25, 0.3) is 0 Å². The lowest BCUT2D eigenvalue weighted by molar-refractivity contribution is 0.228. The summed E-state index contributed by atoms with van der Waals surface area (Å²) in [6.45, 7) is 3.46. The average Bonchev–Trinajstić information content (AvgIpc) is 2.48. The molecule has 1 aromatic carbocycles. The summed E-state index contributed by atoms with van der Waals surface area (Å²) < 4.78 is 5.26. The number of benzene rings is 1. The molecule has 19 heavy (non-hydrogen) atoms. The number of methoxy groups -OCH3 is 1. The third-order valence-electron chi connectivity index (χ3n) is 4.69. The molecule has 0 amide bonds. The Balaban J connectivity index is 2.14. The normalized spacial score (nSPS) is 27.2. The molecule has 0 saturated heterocycles. The maximum Gasteiger partial charge on any atom is 0.118 e.